The average molecular weight is 599 g/mol. The molecule has 0 heterocycles. The normalized spacial score (nSPS) is 12.3. The van der Waals surface area contributed by atoms with Gasteiger partial charge in [0, 0.05) is 0 Å². The van der Waals surface area contributed by atoms with Gasteiger partial charge in [0.05, 0.1) is 21.0 Å². The largest absolute Gasteiger partial charge is 1.00 e. The smallest absolute Gasteiger partial charge is 0.790 e. The van der Waals surface area contributed by atoms with Crippen LogP contribution in [0, 0.1) is 0 Å². The van der Waals surface area contributed by atoms with E-state index in [-0.39, 0.29) is 102 Å². The summed E-state index contributed by atoms with van der Waals surface area (Å²) in [6.45, 7) is 4.58. The maximum atomic E-state index is 10.3. The van der Waals surface area contributed by atoms with Crippen LogP contribution in [0.1, 0.15) is 142 Å². The molecule has 0 spiro atoms. The van der Waals surface area contributed by atoms with Crippen LogP contribution in [-0.2, 0) is 18.2 Å². The number of hydrogen-bond donors (Lipinski definition) is 1. The van der Waals surface area contributed by atoms with Gasteiger partial charge >= 0.3 is 88.7 Å². The zero-order valence-corrected chi connectivity index (χ0v) is 32.5. The monoisotopic (exact) mass is 598 g/mol. The number of phosphoric acid groups is 2. The minimum Gasteiger partial charge on any atom is -0.790 e. The quantitative estimate of drug-likeness (QED) is 0.0711. The van der Waals surface area contributed by atoms with E-state index in [1.807, 2.05) is 0 Å². The zero-order chi connectivity index (χ0) is 26.0. The number of rotatable bonds is 24. The molecule has 37 heavy (non-hydrogen) atoms. The van der Waals surface area contributed by atoms with Crippen LogP contribution in [0.25, 0.3) is 0 Å². The number of unbranched alkanes of at least 4 members (excludes halogenated alkanes) is 18. The first-order chi connectivity index (χ1) is 16.1. The Labute approximate surface area is 294 Å². The fourth-order valence-corrected chi connectivity index (χ4v) is 4.25. The molecule has 0 aromatic rings. The van der Waals surface area contributed by atoms with Gasteiger partial charge in [-0.15, -0.1) is 0 Å². The predicted molar refractivity (Wildman–Crippen MR) is 133 cm³/mol. The maximum absolute atomic E-state index is 10.3. The van der Waals surface area contributed by atoms with Gasteiger partial charge in [0.1, 0.15) is 0 Å². The molecular weight excluding hydrogens is 547 g/mol. The van der Waals surface area contributed by atoms with Crippen LogP contribution >= 0.6 is 15.6 Å². The van der Waals surface area contributed by atoms with Crippen LogP contribution in [-0.4, -0.2) is 18.1 Å². The summed E-state index contributed by atoms with van der Waals surface area (Å²) >= 11 is 0. The molecule has 0 fully saturated rings. The van der Waals surface area contributed by atoms with Gasteiger partial charge in [-0.1, -0.05) is 129 Å². The van der Waals surface area contributed by atoms with Crippen LogP contribution in [0.3, 0.4) is 0 Å². The topological polar surface area (TPSA) is 142 Å². The first kappa shape index (κ1) is 49.9. The van der Waals surface area contributed by atoms with E-state index < -0.39 is 15.6 Å². The third kappa shape index (κ3) is 55.7. The molecule has 0 rings (SSSR count). The Morgan fingerprint density at radius 2 is 0.730 bits per heavy atom. The van der Waals surface area contributed by atoms with E-state index in [1.54, 1.807) is 0 Å². The van der Waals surface area contributed by atoms with Crippen molar-refractivity contribution in [3.05, 3.63) is 0 Å². The van der Waals surface area contributed by atoms with Gasteiger partial charge in [0.25, 0.3) is 7.82 Å². The Bertz CT molecular complexity index is 464. The van der Waals surface area contributed by atoms with E-state index in [0.717, 1.165) is 25.7 Å². The molecule has 1 unspecified atom stereocenters. The summed E-state index contributed by atoms with van der Waals surface area (Å²) in [5.41, 5.74) is 0. The first-order valence-electron chi connectivity index (χ1n) is 13.5. The molecule has 8 nitrogen and oxygen atoms in total. The zero-order valence-electron chi connectivity index (χ0n) is 24.8. The van der Waals surface area contributed by atoms with Crippen molar-refractivity contribution < 1.29 is 126 Å². The van der Waals surface area contributed by atoms with E-state index in [4.69, 9.17) is 4.89 Å². The molecule has 0 aliphatic heterocycles. The standard InChI is InChI=1S/2C12H27O4P.3Na/c2*1-2-3-4-5-6-7-8-9-10-11-12-16-17(13,14)15;;;/h2*2-12H2,1H3,(H2,13,14,15);;;/q;;3*+1/p-3. The molecule has 0 saturated heterocycles. The molecule has 208 valence electrons. The van der Waals surface area contributed by atoms with Gasteiger partial charge in [0.2, 0.25) is 0 Å². The second-order valence-corrected chi connectivity index (χ2v) is 11.3. The molecule has 0 saturated carbocycles. The second kappa shape index (κ2) is 37.2. The van der Waals surface area contributed by atoms with Crippen molar-refractivity contribution >= 4 is 15.6 Å². The SMILES string of the molecule is CCCCCCCCCCCCOP(=O)([O-])O.CCCCCCCCCCCCOP(=O)([O-])[O-].[Na+].[Na+].[Na+]. The maximum Gasteiger partial charge on any atom is 1.00 e. The van der Waals surface area contributed by atoms with Crippen LogP contribution in [0.4, 0.5) is 0 Å². The summed E-state index contributed by atoms with van der Waals surface area (Å²) in [7, 11) is -9.24. The van der Waals surface area contributed by atoms with E-state index in [9.17, 15) is 23.8 Å². The van der Waals surface area contributed by atoms with E-state index >= 15 is 0 Å². The molecule has 0 amide bonds. The molecule has 0 aliphatic rings. The summed E-state index contributed by atoms with van der Waals surface area (Å²) in [6.07, 6.45) is 23.6. The van der Waals surface area contributed by atoms with E-state index in [2.05, 4.69) is 22.9 Å². The Hall–Kier alpha value is 3.22. The predicted octanol–water partition coefficient (Wildman–Crippen LogP) is -2.85. The van der Waals surface area contributed by atoms with Crippen LogP contribution in [0.5, 0.6) is 0 Å². The first-order valence-corrected chi connectivity index (χ1v) is 16.4. The van der Waals surface area contributed by atoms with Crippen molar-refractivity contribution in [3.63, 3.8) is 0 Å². The average Bonchev–Trinajstić information content (AvgIpc) is 2.75. The summed E-state index contributed by atoms with van der Waals surface area (Å²) in [5, 5.41) is 0. The van der Waals surface area contributed by atoms with Crippen LogP contribution in [0.2, 0.25) is 0 Å². The van der Waals surface area contributed by atoms with Gasteiger partial charge in [0.15, 0.2) is 0 Å². The molecule has 1 atom stereocenters. The van der Waals surface area contributed by atoms with Crippen molar-refractivity contribution in [2.24, 2.45) is 0 Å². The minimum atomic E-state index is -4.74. The van der Waals surface area contributed by atoms with Crippen LogP contribution < -0.4 is 103 Å². The van der Waals surface area contributed by atoms with Crippen LogP contribution in [0.15, 0.2) is 0 Å². The van der Waals surface area contributed by atoms with Crippen molar-refractivity contribution in [1.29, 1.82) is 0 Å². The fourth-order valence-electron chi connectivity index (χ4n) is 3.54. The van der Waals surface area contributed by atoms with Crippen molar-refractivity contribution in [1.82, 2.24) is 0 Å². The van der Waals surface area contributed by atoms with Gasteiger partial charge in [-0.05, 0) is 12.8 Å². The molecule has 0 radical (unpaired) electrons. The molecule has 0 bridgehead atoms. The van der Waals surface area contributed by atoms with Gasteiger partial charge in [-0.2, -0.15) is 0 Å². The molecule has 0 aliphatic carbocycles. The summed E-state index contributed by atoms with van der Waals surface area (Å²) in [4.78, 5) is 38.9. The van der Waals surface area contributed by atoms with Crippen molar-refractivity contribution in [3.8, 4) is 0 Å². The Kier molecular flexibility index (Phi) is 50.2. The third-order valence-electron chi connectivity index (χ3n) is 5.50. The summed E-state index contributed by atoms with van der Waals surface area (Å²) < 4.78 is 28.8. The van der Waals surface area contributed by atoms with Gasteiger partial charge in [-0.3, -0.25) is 4.57 Å². The van der Waals surface area contributed by atoms with Crippen molar-refractivity contribution in [2.45, 2.75) is 142 Å². The van der Waals surface area contributed by atoms with E-state index in [1.165, 1.54) is 89.9 Å². The molecule has 1 N–H and O–H groups in total. The van der Waals surface area contributed by atoms with Gasteiger partial charge < -0.3 is 33.2 Å². The van der Waals surface area contributed by atoms with Crippen molar-refractivity contribution in [2.75, 3.05) is 13.2 Å². The molecular formula is C24H51Na3O8P2. The Morgan fingerprint density at radius 3 is 0.973 bits per heavy atom. The molecule has 0 aromatic heterocycles. The summed E-state index contributed by atoms with van der Waals surface area (Å²) in [6, 6.07) is 0. The Balaban J connectivity index is -0.000000171. The summed E-state index contributed by atoms with van der Waals surface area (Å²) in [5.74, 6) is 0. The minimum absolute atomic E-state index is 0. The second-order valence-electron chi connectivity index (χ2n) is 8.95. The Morgan fingerprint density at radius 1 is 0.486 bits per heavy atom. The van der Waals surface area contributed by atoms with E-state index in [0.29, 0.717) is 12.8 Å². The molecule has 13 heteroatoms. The fraction of sp³-hybridized carbons (Fsp3) is 1.00. The number of phosphoric ester groups is 2. The number of hydrogen-bond acceptors (Lipinski definition) is 7. The molecule has 0 aromatic carbocycles. The third-order valence-corrected chi connectivity index (χ3v) is 6.51. The van der Waals surface area contributed by atoms with Gasteiger partial charge in [-0.25, -0.2) is 0 Å².